The summed E-state index contributed by atoms with van der Waals surface area (Å²) in [5.41, 5.74) is 1.95. The Morgan fingerprint density at radius 2 is 1.00 bits per heavy atom. The van der Waals surface area contributed by atoms with Crippen LogP contribution in [-0.4, -0.2) is 0 Å². The monoisotopic (exact) mass is 544 g/mol. The molecule has 0 nitrogen and oxygen atoms in total. The molecule has 0 fully saturated rings. The predicted molar refractivity (Wildman–Crippen MR) is 180 cm³/mol. The van der Waals surface area contributed by atoms with Gasteiger partial charge in [0.05, 0.1) is 11.0 Å². The highest BCUT2D eigenvalue weighted by Gasteiger charge is 2.20. The van der Waals surface area contributed by atoms with Crippen LogP contribution in [0.5, 0.6) is 0 Å². The molecule has 0 bridgehead atoms. The summed E-state index contributed by atoms with van der Waals surface area (Å²) in [5, 5.41) is 7.13. The van der Waals surface area contributed by atoms with Gasteiger partial charge in [-0.15, -0.1) is 11.3 Å². The second kappa shape index (κ2) is 8.76. The zero-order chi connectivity index (χ0) is 33.9. The molecule has 0 amide bonds. The van der Waals surface area contributed by atoms with Crippen molar-refractivity contribution in [3.05, 3.63) is 145 Å². The molecule has 1 heterocycles. The van der Waals surface area contributed by atoms with E-state index < -0.39 is 24.2 Å². The van der Waals surface area contributed by atoms with Crippen LogP contribution in [0.1, 0.15) is 11.0 Å². The number of hydrogen-bond acceptors (Lipinski definition) is 1. The lowest BCUT2D eigenvalue weighted by Crippen LogP contribution is -1.91. The van der Waals surface area contributed by atoms with Crippen molar-refractivity contribution in [2.75, 3.05) is 0 Å². The third kappa shape index (κ3) is 3.27. The zero-order valence-corrected chi connectivity index (χ0v) is 22.5. The topological polar surface area (TPSA) is 0 Å². The van der Waals surface area contributed by atoms with Gasteiger partial charge in [0, 0.05) is 20.2 Å². The molecule has 0 aliphatic rings. The molecule has 1 heteroatoms. The maximum absolute atomic E-state index is 9.34. The maximum atomic E-state index is 9.34. The third-order valence-corrected chi connectivity index (χ3v) is 9.18. The first-order chi connectivity index (χ1) is 23.7. The van der Waals surface area contributed by atoms with Gasteiger partial charge in [-0.25, -0.2) is 0 Å². The van der Waals surface area contributed by atoms with Crippen molar-refractivity contribution in [3.8, 4) is 22.3 Å². The molecule has 0 spiro atoms. The molecule has 0 saturated heterocycles. The quantitative estimate of drug-likeness (QED) is 0.190. The van der Waals surface area contributed by atoms with Crippen LogP contribution in [0, 0.1) is 0 Å². The summed E-state index contributed by atoms with van der Waals surface area (Å²) in [6, 6.07) is 28.9. The summed E-state index contributed by atoms with van der Waals surface area (Å²) in [6.07, 6.45) is 0. The Morgan fingerprint density at radius 1 is 0.439 bits per heavy atom. The van der Waals surface area contributed by atoms with E-state index in [9.17, 15) is 5.48 Å². The Balaban J connectivity index is 1.60. The fraction of sp³-hybridized carbons (Fsp3) is 0. The first kappa shape index (κ1) is 16.3. The molecular formula is C40H24S. The van der Waals surface area contributed by atoms with Crippen molar-refractivity contribution in [1.82, 2.24) is 0 Å². The van der Waals surface area contributed by atoms with E-state index in [1.807, 2.05) is 54.6 Å². The van der Waals surface area contributed by atoms with E-state index in [0.29, 0.717) is 22.3 Å². The van der Waals surface area contributed by atoms with Crippen LogP contribution < -0.4 is 0 Å². The van der Waals surface area contributed by atoms with Crippen molar-refractivity contribution >= 4 is 74.6 Å². The maximum Gasteiger partial charge on any atom is 0.0629 e. The van der Waals surface area contributed by atoms with Crippen LogP contribution in [-0.2, 0) is 0 Å². The second-order valence-corrected chi connectivity index (χ2v) is 11.3. The SMILES string of the molecule is [2H]c1c([2H])c([2H])c2c(-c3cc4sc5ccc6ccccc6c5c4c4ccccc34)c3c([2H])c([2H])c([2H])c([2H])c3c(-c3ccccc3)c2c1[2H]. The molecule has 190 valence electrons. The van der Waals surface area contributed by atoms with Gasteiger partial charge < -0.3 is 0 Å². The van der Waals surface area contributed by atoms with Gasteiger partial charge in [-0.05, 0) is 77.5 Å². The van der Waals surface area contributed by atoms with Gasteiger partial charge >= 0.3 is 0 Å². The minimum absolute atomic E-state index is 0.219. The largest absolute Gasteiger partial charge is 0.135 e. The summed E-state index contributed by atoms with van der Waals surface area (Å²) in [5.74, 6) is 0. The van der Waals surface area contributed by atoms with E-state index >= 15 is 0 Å². The molecule has 1 aromatic heterocycles. The van der Waals surface area contributed by atoms with E-state index in [1.54, 1.807) is 23.5 Å². The molecule has 9 rings (SSSR count). The minimum Gasteiger partial charge on any atom is -0.135 e. The highest BCUT2D eigenvalue weighted by atomic mass is 32.1. The van der Waals surface area contributed by atoms with Crippen molar-refractivity contribution in [2.45, 2.75) is 0 Å². The summed E-state index contributed by atoms with van der Waals surface area (Å²) in [4.78, 5) is 0. The van der Waals surface area contributed by atoms with Gasteiger partial charge in [0.2, 0.25) is 0 Å². The lowest BCUT2D eigenvalue weighted by atomic mass is 9.84. The Hall–Kier alpha value is -4.98. The fourth-order valence-electron chi connectivity index (χ4n) is 6.40. The molecule has 0 unspecified atom stereocenters. The average Bonchev–Trinajstić information content (AvgIpc) is 3.53. The average molecular weight is 545 g/mol. The Morgan fingerprint density at radius 3 is 1.71 bits per heavy atom. The van der Waals surface area contributed by atoms with Gasteiger partial charge in [-0.3, -0.25) is 0 Å². The van der Waals surface area contributed by atoms with Crippen LogP contribution in [0.4, 0.5) is 0 Å². The highest BCUT2D eigenvalue weighted by Crippen LogP contribution is 2.49. The van der Waals surface area contributed by atoms with Crippen molar-refractivity contribution in [2.24, 2.45) is 0 Å². The van der Waals surface area contributed by atoms with Crippen LogP contribution in [0.15, 0.2) is 145 Å². The van der Waals surface area contributed by atoms with Crippen LogP contribution in [0.25, 0.3) is 85.5 Å². The zero-order valence-electron chi connectivity index (χ0n) is 29.6. The Labute approximate surface area is 253 Å². The first-order valence-electron chi connectivity index (χ1n) is 17.5. The molecule has 0 atom stereocenters. The van der Waals surface area contributed by atoms with E-state index in [-0.39, 0.29) is 45.7 Å². The molecule has 0 aliphatic heterocycles. The van der Waals surface area contributed by atoms with Gasteiger partial charge in [-0.2, -0.15) is 0 Å². The van der Waals surface area contributed by atoms with E-state index in [0.717, 1.165) is 41.7 Å². The number of fused-ring (bicyclic) bond motifs is 9. The lowest BCUT2D eigenvalue weighted by Gasteiger charge is -2.19. The molecule has 41 heavy (non-hydrogen) atoms. The van der Waals surface area contributed by atoms with Crippen LogP contribution in [0.2, 0.25) is 0 Å². The van der Waals surface area contributed by atoms with E-state index in [2.05, 4.69) is 30.3 Å². The molecular weight excluding hydrogens is 513 g/mol. The van der Waals surface area contributed by atoms with E-state index in [4.69, 9.17) is 5.48 Å². The highest BCUT2D eigenvalue weighted by molar-refractivity contribution is 7.26. The summed E-state index contributed by atoms with van der Waals surface area (Å²) in [6.45, 7) is 0. The first-order valence-corrected chi connectivity index (χ1v) is 14.3. The van der Waals surface area contributed by atoms with Gasteiger partial charge in [0.25, 0.3) is 0 Å². The number of benzene rings is 8. The molecule has 0 aliphatic carbocycles. The Bertz CT molecular complexity index is 2830. The fourth-order valence-corrected chi connectivity index (χ4v) is 7.57. The smallest absolute Gasteiger partial charge is 0.0629 e. The molecule has 0 saturated carbocycles. The molecule has 8 aromatic carbocycles. The molecule has 0 radical (unpaired) electrons. The number of hydrogen-bond donors (Lipinski definition) is 0. The summed E-state index contributed by atoms with van der Waals surface area (Å²) in [7, 11) is 0. The Kier molecular flexibility index (Phi) is 3.49. The van der Waals surface area contributed by atoms with Crippen molar-refractivity contribution in [1.29, 1.82) is 0 Å². The predicted octanol–water partition coefficient (Wildman–Crippen LogP) is 12.0. The standard InChI is InChI=1S/C40H24S/c1-2-13-26(14-3-1)37-30-18-8-10-20-32(30)38(33-21-11-9-19-31(33)37)34-24-36-40(29-17-7-6-16-28(29)34)39-27-15-5-4-12-25(27)22-23-35(39)41-36/h1-24H/i8D,9D,10D,11D,18D,19D,20D,21D. The summed E-state index contributed by atoms with van der Waals surface area (Å²) < 4.78 is 74.2. The third-order valence-electron chi connectivity index (χ3n) is 8.08. The van der Waals surface area contributed by atoms with Crippen molar-refractivity contribution in [3.63, 3.8) is 0 Å². The van der Waals surface area contributed by atoms with Crippen LogP contribution >= 0.6 is 11.3 Å². The lowest BCUT2D eigenvalue weighted by molar-refractivity contribution is 1.67. The molecule has 0 N–H and O–H groups in total. The summed E-state index contributed by atoms with van der Waals surface area (Å²) >= 11 is 1.63. The number of rotatable bonds is 2. The van der Waals surface area contributed by atoms with Crippen LogP contribution in [0.3, 0.4) is 0 Å². The minimum atomic E-state index is -0.406. The second-order valence-electron chi connectivity index (χ2n) is 10.2. The molecule has 9 aromatic rings. The van der Waals surface area contributed by atoms with Gasteiger partial charge in [-0.1, -0.05) is 133 Å². The van der Waals surface area contributed by atoms with Gasteiger partial charge in [0.15, 0.2) is 0 Å². The van der Waals surface area contributed by atoms with E-state index in [1.165, 1.54) is 0 Å². The van der Waals surface area contributed by atoms with Gasteiger partial charge in [0.1, 0.15) is 0 Å². The van der Waals surface area contributed by atoms with Crippen molar-refractivity contribution < 1.29 is 11.0 Å². The normalized spacial score (nSPS) is 14.6. The number of thiophene rings is 1.